The Hall–Kier alpha value is -0.520. The van der Waals surface area contributed by atoms with E-state index >= 15 is 0 Å². The van der Waals surface area contributed by atoms with E-state index in [0.29, 0.717) is 0 Å². The molecule has 0 aliphatic heterocycles. The van der Waals surface area contributed by atoms with Gasteiger partial charge in [0.05, 0.1) is 0 Å². The minimum Gasteiger partial charge on any atom is -0.0877 e. The maximum atomic E-state index is 2.20. The highest BCUT2D eigenvalue weighted by Gasteiger charge is 1.81. The van der Waals surface area contributed by atoms with E-state index in [9.17, 15) is 0 Å². The number of hydrogen-bond donors (Lipinski definition) is 0. The van der Waals surface area contributed by atoms with Gasteiger partial charge in [-0.1, -0.05) is 51.0 Å². The molecule has 0 spiro atoms. The minimum absolute atomic E-state index is 1.23. The first-order valence-electron chi connectivity index (χ1n) is 4.59. The maximum absolute atomic E-state index is 2.20. The number of allylic oxidation sites excluding steroid dienone is 4. The summed E-state index contributed by atoms with van der Waals surface area (Å²) in [6.07, 6.45) is 8.79. The van der Waals surface area contributed by atoms with Gasteiger partial charge >= 0.3 is 0 Å². The summed E-state index contributed by atoms with van der Waals surface area (Å²) in [4.78, 5) is 0. The van der Waals surface area contributed by atoms with Crippen LogP contribution in [-0.2, 0) is 0 Å². The van der Waals surface area contributed by atoms with Crippen molar-refractivity contribution in [2.75, 3.05) is 0 Å². The molecule has 0 bridgehead atoms. The van der Waals surface area contributed by atoms with Crippen LogP contribution in [0.4, 0.5) is 0 Å². The van der Waals surface area contributed by atoms with Crippen LogP contribution in [0.15, 0.2) is 23.8 Å². The molecular formula is C11H22. The molecule has 0 aliphatic rings. The second-order valence-corrected chi connectivity index (χ2v) is 2.29. The summed E-state index contributed by atoms with van der Waals surface area (Å²) in [6, 6.07) is 0. The van der Waals surface area contributed by atoms with Crippen molar-refractivity contribution in [2.24, 2.45) is 0 Å². The van der Waals surface area contributed by atoms with E-state index in [1.807, 2.05) is 20.8 Å². The third-order valence-corrected chi connectivity index (χ3v) is 1.22. The molecule has 0 heteroatoms. The van der Waals surface area contributed by atoms with E-state index in [4.69, 9.17) is 0 Å². The molecule has 0 unspecified atom stereocenters. The van der Waals surface area contributed by atoms with Crippen LogP contribution in [0, 0.1) is 0 Å². The molecule has 11 heavy (non-hydrogen) atoms. The van der Waals surface area contributed by atoms with E-state index in [1.54, 1.807) is 0 Å². The molecule has 0 saturated heterocycles. The molecule has 0 rings (SSSR count). The lowest BCUT2D eigenvalue weighted by Gasteiger charge is -1.92. The zero-order valence-electron chi connectivity index (χ0n) is 8.65. The Morgan fingerprint density at radius 3 is 2.18 bits per heavy atom. The number of hydrogen-bond acceptors (Lipinski definition) is 0. The van der Waals surface area contributed by atoms with Crippen molar-refractivity contribution in [3.63, 3.8) is 0 Å². The van der Waals surface area contributed by atoms with Gasteiger partial charge in [-0.25, -0.2) is 0 Å². The van der Waals surface area contributed by atoms with Crippen LogP contribution in [0.2, 0.25) is 0 Å². The standard InChI is InChI=1S/C9H16.C2H6/c1-4-6-8-9(3)7-5-2;1-2/h4,6,8H,5,7H2,1-3H3;1-2H3/b6-4-,9-8+;. The zero-order valence-corrected chi connectivity index (χ0v) is 8.65. The molecule has 0 aromatic heterocycles. The van der Waals surface area contributed by atoms with Crippen LogP contribution in [0.1, 0.15) is 47.5 Å². The second kappa shape index (κ2) is 12.2. The third-order valence-electron chi connectivity index (χ3n) is 1.22. The summed E-state index contributed by atoms with van der Waals surface area (Å²) in [6.45, 7) is 10.4. The smallest absolute Gasteiger partial charge is 0.0323 e. The van der Waals surface area contributed by atoms with Gasteiger partial charge in [-0.3, -0.25) is 0 Å². The Bertz CT molecular complexity index is 107. The first kappa shape index (κ1) is 13.1. The number of rotatable bonds is 3. The molecule has 0 N–H and O–H groups in total. The first-order valence-corrected chi connectivity index (χ1v) is 4.59. The third kappa shape index (κ3) is 12.6. The fraction of sp³-hybridized carbons (Fsp3) is 0.636. The van der Waals surface area contributed by atoms with Crippen molar-refractivity contribution in [1.29, 1.82) is 0 Å². The topological polar surface area (TPSA) is 0 Å². The van der Waals surface area contributed by atoms with Gasteiger partial charge < -0.3 is 0 Å². The monoisotopic (exact) mass is 154 g/mol. The van der Waals surface area contributed by atoms with E-state index in [2.05, 4.69) is 32.1 Å². The Labute approximate surface area is 72.0 Å². The molecule has 0 saturated carbocycles. The molecule has 0 aromatic rings. The zero-order chi connectivity index (χ0) is 9.11. The summed E-state index contributed by atoms with van der Waals surface area (Å²) in [5.74, 6) is 0. The summed E-state index contributed by atoms with van der Waals surface area (Å²) < 4.78 is 0. The van der Waals surface area contributed by atoms with E-state index in [-0.39, 0.29) is 0 Å². The van der Waals surface area contributed by atoms with Gasteiger partial charge in [-0.05, 0) is 20.3 Å². The first-order chi connectivity index (χ1) is 5.31. The predicted molar refractivity (Wildman–Crippen MR) is 54.8 cm³/mol. The van der Waals surface area contributed by atoms with Gasteiger partial charge in [0.1, 0.15) is 0 Å². The fourth-order valence-corrected chi connectivity index (χ4v) is 0.738. The fourth-order valence-electron chi connectivity index (χ4n) is 0.738. The van der Waals surface area contributed by atoms with Crippen molar-refractivity contribution < 1.29 is 0 Å². The van der Waals surface area contributed by atoms with E-state index in [1.165, 1.54) is 18.4 Å². The molecule has 0 fully saturated rings. The lowest BCUT2D eigenvalue weighted by molar-refractivity contribution is 0.906. The Morgan fingerprint density at radius 1 is 1.27 bits per heavy atom. The van der Waals surface area contributed by atoms with Crippen molar-refractivity contribution in [3.8, 4) is 0 Å². The lowest BCUT2D eigenvalue weighted by atomic mass is 10.2. The van der Waals surface area contributed by atoms with Crippen LogP contribution in [0.25, 0.3) is 0 Å². The molecule has 0 nitrogen and oxygen atoms in total. The summed E-state index contributed by atoms with van der Waals surface area (Å²) in [5.41, 5.74) is 1.47. The molecule has 0 aromatic carbocycles. The largest absolute Gasteiger partial charge is 0.0877 e. The SMILES string of the molecule is C/C=C\C=C(/C)CCC.CC. The van der Waals surface area contributed by atoms with Gasteiger partial charge in [0, 0.05) is 0 Å². The average molecular weight is 154 g/mol. The van der Waals surface area contributed by atoms with Crippen LogP contribution < -0.4 is 0 Å². The normalized spacial score (nSPS) is 11.2. The Morgan fingerprint density at radius 2 is 1.82 bits per heavy atom. The predicted octanol–water partition coefficient (Wildman–Crippen LogP) is 4.34. The highest BCUT2D eigenvalue weighted by Crippen LogP contribution is 2.02. The molecule has 0 heterocycles. The lowest BCUT2D eigenvalue weighted by Crippen LogP contribution is -1.71. The maximum Gasteiger partial charge on any atom is -0.0323 e. The summed E-state index contributed by atoms with van der Waals surface area (Å²) in [5, 5.41) is 0. The summed E-state index contributed by atoms with van der Waals surface area (Å²) >= 11 is 0. The summed E-state index contributed by atoms with van der Waals surface area (Å²) in [7, 11) is 0. The van der Waals surface area contributed by atoms with E-state index in [0.717, 1.165) is 0 Å². The van der Waals surface area contributed by atoms with Crippen molar-refractivity contribution >= 4 is 0 Å². The molecular weight excluding hydrogens is 132 g/mol. The second-order valence-electron chi connectivity index (χ2n) is 2.29. The van der Waals surface area contributed by atoms with Crippen LogP contribution in [0.5, 0.6) is 0 Å². The average Bonchev–Trinajstić information content (AvgIpc) is 2.05. The van der Waals surface area contributed by atoms with Gasteiger partial charge in [-0.15, -0.1) is 0 Å². The van der Waals surface area contributed by atoms with Crippen LogP contribution in [0.3, 0.4) is 0 Å². The van der Waals surface area contributed by atoms with Gasteiger partial charge in [0.2, 0.25) is 0 Å². The van der Waals surface area contributed by atoms with E-state index < -0.39 is 0 Å². The molecule has 0 amide bonds. The molecule has 0 atom stereocenters. The highest BCUT2D eigenvalue weighted by atomic mass is 13.9. The van der Waals surface area contributed by atoms with Gasteiger partial charge in [-0.2, -0.15) is 0 Å². The van der Waals surface area contributed by atoms with Crippen LogP contribution >= 0.6 is 0 Å². The quantitative estimate of drug-likeness (QED) is 0.531. The molecule has 66 valence electrons. The van der Waals surface area contributed by atoms with Crippen molar-refractivity contribution in [2.45, 2.75) is 47.5 Å². The van der Waals surface area contributed by atoms with Crippen molar-refractivity contribution in [3.05, 3.63) is 23.8 Å². The Balaban J connectivity index is 0. The van der Waals surface area contributed by atoms with Gasteiger partial charge in [0.15, 0.2) is 0 Å². The Kier molecular flexibility index (Phi) is 14.5. The molecule has 0 aliphatic carbocycles. The highest BCUT2D eigenvalue weighted by molar-refractivity contribution is 5.09. The molecule has 0 radical (unpaired) electrons. The minimum atomic E-state index is 1.23. The van der Waals surface area contributed by atoms with Crippen LogP contribution in [-0.4, -0.2) is 0 Å². The van der Waals surface area contributed by atoms with Crippen molar-refractivity contribution in [1.82, 2.24) is 0 Å². The van der Waals surface area contributed by atoms with Gasteiger partial charge in [0.25, 0.3) is 0 Å².